The van der Waals surface area contributed by atoms with Gasteiger partial charge in [-0.05, 0) is 30.5 Å². The molecule has 0 spiro atoms. The van der Waals surface area contributed by atoms with E-state index in [-0.39, 0.29) is 17.2 Å². The number of urea groups is 1. The maximum atomic E-state index is 12.6. The summed E-state index contributed by atoms with van der Waals surface area (Å²) in [6, 6.07) is 11.0. The van der Waals surface area contributed by atoms with Crippen LogP contribution in [0.15, 0.2) is 52.7 Å². The Morgan fingerprint density at radius 2 is 1.83 bits per heavy atom. The zero-order valence-electron chi connectivity index (χ0n) is 12.9. The molecule has 3 rings (SSSR count). The van der Waals surface area contributed by atoms with E-state index in [0.29, 0.717) is 4.88 Å². The topological polar surface area (TPSA) is 83.6 Å². The summed E-state index contributed by atoms with van der Waals surface area (Å²) in [6.07, 6.45) is 0. The van der Waals surface area contributed by atoms with Crippen LogP contribution in [-0.2, 0) is 20.2 Å². The molecular formula is C16H16N2O4S2. The van der Waals surface area contributed by atoms with Crippen molar-refractivity contribution in [3.8, 4) is 0 Å². The summed E-state index contributed by atoms with van der Waals surface area (Å²) < 4.78 is 24.6. The first kappa shape index (κ1) is 16.7. The number of hydrogen-bond donors (Lipinski definition) is 1. The molecule has 1 fully saturated rings. The summed E-state index contributed by atoms with van der Waals surface area (Å²) in [7, 11) is -3.56. The molecule has 1 aliphatic rings. The summed E-state index contributed by atoms with van der Waals surface area (Å²) in [4.78, 5) is 26.7. The van der Waals surface area contributed by atoms with Crippen LogP contribution in [0.3, 0.4) is 0 Å². The summed E-state index contributed by atoms with van der Waals surface area (Å²) in [5.41, 5.74) is -1.14. The summed E-state index contributed by atoms with van der Waals surface area (Å²) in [5.74, 6) is -0.741. The average molecular weight is 364 g/mol. The van der Waals surface area contributed by atoms with Crippen molar-refractivity contribution in [1.82, 2.24) is 10.2 Å². The first-order chi connectivity index (χ1) is 11.3. The number of sulfone groups is 1. The van der Waals surface area contributed by atoms with Gasteiger partial charge < -0.3 is 5.32 Å². The molecule has 24 heavy (non-hydrogen) atoms. The number of thiophene rings is 1. The van der Waals surface area contributed by atoms with Crippen molar-refractivity contribution in [1.29, 1.82) is 0 Å². The number of nitrogens with one attached hydrogen (secondary N) is 1. The minimum atomic E-state index is -3.56. The van der Waals surface area contributed by atoms with Gasteiger partial charge in [-0.15, -0.1) is 11.3 Å². The van der Waals surface area contributed by atoms with Gasteiger partial charge in [-0.1, -0.05) is 24.3 Å². The Morgan fingerprint density at radius 1 is 1.12 bits per heavy atom. The Morgan fingerprint density at radius 3 is 2.46 bits per heavy atom. The third-order valence-corrected chi connectivity index (χ3v) is 6.78. The lowest BCUT2D eigenvalue weighted by atomic mass is 10.0. The van der Waals surface area contributed by atoms with Gasteiger partial charge in [-0.3, -0.25) is 9.69 Å². The molecule has 1 aliphatic heterocycles. The van der Waals surface area contributed by atoms with Crippen LogP contribution < -0.4 is 5.32 Å². The molecule has 1 unspecified atom stereocenters. The molecule has 0 bridgehead atoms. The molecule has 3 amide bonds. The fraction of sp³-hybridized carbons (Fsp3) is 0.250. The van der Waals surface area contributed by atoms with Crippen molar-refractivity contribution in [3.63, 3.8) is 0 Å². The zero-order chi connectivity index (χ0) is 17.4. The van der Waals surface area contributed by atoms with Crippen LogP contribution in [0.1, 0.15) is 11.8 Å². The van der Waals surface area contributed by atoms with E-state index < -0.39 is 27.3 Å². The first-order valence-electron chi connectivity index (χ1n) is 7.30. The van der Waals surface area contributed by atoms with Crippen LogP contribution in [0.5, 0.6) is 0 Å². The molecule has 1 saturated heterocycles. The van der Waals surface area contributed by atoms with Gasteiger partial charge in [0.25, 0.3) is 5.91 Å². The number of benzene rings is 1. The normalized spacial score (nSPS) is 21.1. The number of amides is 3. The van der Waals surface area contributed by atoms with Gasteiger partial charge in [0.15, 0.2) is 15.4 Å². The summed E-state index contributed by atoms with van der Waals surface area (Å²) >= 11 is 1.37. The number of carbonyl (C=O) groups is 2. The van der Waals surface area contributed by atoms with E-state index in [1.807, 2.05) is 5.38 Å². The number of imide groups is 1. The lowest BCUT2D eigenvalue weighted by Gasteiger charge is -2.20. The lowest BCUT2D eigenvalue weighted by Crippen LogP contribution is -2.40. The van der Waals surface area contributed by atoms with Gasteiger partial charge in [0.05, 0.1) is 10.6 Å². The Balaban J connectivity index is 1.77. The van der Waals surface area contributed by atoms with Crippen molar-refractivity contribution in [2.45, 2.75) is 17.4 Å². The molecule has 1 N–H and O–H groups in total. The second kappa shape index (κ2) is 6.03. The van der Waals surface area contributed by atoms with E-state index >= 15 is 0 Å². The molecule has 1 atom stereocenters. The third-order valence-electron chi connectivity index (χ3n) is 3.97. The van der Waals surface area contributed by atoms with E-state index in [2.05, 4.69) is 5.32 Å². The molecule has 1 aromatic heterocycles. The van der Waals surface area contributed by atoms with Gasteiger partial charge in [0, 0.05) is 11.4 Å². The highest BCUT2D eigenvalue weighted by molar-refractivity contribution is 7.91. The predicted molar refractivity (Wildman–Crippen MR) is 90.4 cm³/mol. The maximum Gasteiger partial charge on any atom is 0.325 e. The van der Waals surface area contributed by atoms with Gasteiger partial charge in [-0.25, -0.2) is 13.2 Å². The molecule has 1 aromatic carbocycles. The Bertz CT molecular complexity index is 863. The van der Waals surface area contributed by atoms with Crippen molar-refractivity contribution in [3.05, 3.63) is 52.7 Å². The second-order valence-corrected chi connectivity index (χ2v) is 8.68. The minimum absolute atomic E-state index is 0.178. The summed E-state index contributed by atoms with van der Waals surface area (Å²) in [6.45, 7) is 1.45. The van der Waals surface area contributed by atoms with Crippen LogP contribution in [-0.4, -0.2) is 37.6 Å². The highest BCUT2D eigenvalue weighted by Crippen LogP contribution is 2.31. The fourth-order valence-corrected chi connectivity index (χ4v) is 4.65. The van der Waals surface area contributed by atoms with Crippen molar-refractivity contribution in [2.24, 2.45) is 0 Å². The molecular weight excluding hydrogens is 348 g/mol. The number of rotatable bonds is 5. The minimum Gasteiger partial charge on any atom is -0.319 e. The van der Waals surface area contributed by atoms with Gasteiger partial charge in [0.1, 0.15) is 0 Å². The van der Waals surface area contributed by atoms with Crippen LogP contribution in [0.4, 0.5) is 4.79 Å². The molecule has 8 heteroatoms. The highest BCUT2D eigenvalue weighted by Gasteiger charge is 2.49. The maximum absolute atomic E-state index is 12.6. The predicted octanol–water partition coefficient (Wildman–Crippen LogP) is 1.99. The second-order valence-electron chi connectivity index (χ2n) is 5.62. The van der Waals surface area contributed by atoms with Crippen LogP contribution in [0.2, 0.25) is 0 Å². The molecule has 0 radical (unpaired) electrons. The van der Waals surface area contributed by atoms with Gasteiger partial charge >= 0.3 is 6.03 Å². The number of carbonyl (C=O) groups excluding carboxylic acids is 2. The highest BCUT2D eigenvalue weighted by atomic mass is 32.2. The molecule has 6 nitrogen and oxygen atoms in total. The average Bonchev–Trinajstić information content (AvgIpc) is 3.16. The number of nitrogens with zero attached hydrogens (tertiary/aromatic N) is 1. The van der Waals surface area contributed by atoms with Crippen molar-refractivity contribution < 1.29 is 18.0 Å². The number of hydrogen-bond acceptors (Lipinski definition) is 5. The lowest BCUT2D eigenvalue weighted by molar-refractivity contribution is -0.130. The van der Waals surface area contributed by atoms with E-state index in [9.17, 15) is 18.0 Å². The standard InChI is InChI=1S/C16H16N2O4S2/c1-16(13-8-5-10-23-13)14(19)18(15(20)17-16)9-11-24(21,22)12-6-3-2-4-7-12/h2-8,10H,9,11H2,1H3,(H,17,20). The van der Waals surface area contributed by atoms with Crippen molar-refractivity contribution >= 4 is 33.1 Å². The SMILES string of the molecule is CC1(c2cccs2)NC(=O)N(CCS(=O)(=O)c2ccccc2)C1=O. The van der Waals surface area contributed by atoms with E-state index in [0.717, 1.165) is 4.90 Å². The van der Waals surface area contributed by atoms with Gasteiger partial charge in [-0.2, -0.15) is 0 Å². The molecule has 2 aromatic rings. The Labute approximate surface area is 144 Å². The van der Waals surface area contributed by atoms with E-state index in [1.54, 1.807) is 37.3 Å². The van der Waals surface area contributed by atoms with Crippen LogP contribution >= 0.6 is 11.3 Å². The van der Waals surface area contributed by atoms with Crippen LogP contribution in [0.25, 0.3) is 0 Å². The molecule has 2 heterocycles. The summed E-state index contributed by atoms with van der Waals surface area (Å²) in [5, 5.41) is 4.48. The first-order valence-corrected chi connectivity index (χ1v) is 9.84. The van der Waals surface area contributed by atoms with Crippen molar-refractivity contribution in [2.75, 3.05) is 12.3 Å². The monoisotopic (exact) mass is 364 g/mol. The van der Waals surface area contributed by atoms with Gasteiger partial charge in [0.2, 0.25) is 0 Å². The van der Waals surface area contributed by atoms with Crippen LogP contribution in [0, 0.1) is 0 Å². The Kier molecular flexibility index (Phi) is 4.18. The van der Waals surface area contributed by atoms with E-state index in [4.69, 9.17) is 0 Å². The smallest absolute Gasteiger partial charge is 0.319 e. The fourth-order valence-electron chi connectivity index (χ4n) is 2.59. The molecule has 126 valence electrons. The molecule has 0 aliphatic carbocycles. The van der Waals surface area contributed by atoms with E-state index in [1.165, 1.54) is 23.5 Å². The quantitative estimate of drug-likeness (QED) is 0.823. The zero-order valence-corrected chi connectivity index (χ0v) is 14.6. The third kappa shape index (κ3) is 2.83. The largest absolute Gasteiger partial charge is 0.325 e. The molecule has 0 saturated carbocycles. The Hall–Kier alpha value is -2.19.